The van der Waals surface area contributed by atoms with Crippen molar-refractivity contribution in [3.8, 4) is 0 Å². The van der Waals surface area contributed by atoms with E-state index < -0.39 is 0 Å². The van der Waals surface area contributed by atoms with Crippen LogP contribution in [0.5, 0.6) is 0 Å². The summed E-state index contributed by atoms with van der Waals surface area (Å²) in [5.74, 6) is 0.574. The molecule has 0 amide bonds. The minimum atomic E-state index is 0.287. The van der Waals surface area contributed by atoms with E-state index in [-0.39, 0.29) is 11.6 Å². The predicted octanol–water partition coefficient (Wildman–Crippen LogP) is -0.344. The highest BCUT2D eigenvalue weighted by Crippen LogP contribution is 2.18. The molecule has 0 aliphatic carbocycles. The molecule has 0 aliphatic heterocycles. The van der Waals surface area contributed by atoms with Crippen molar-refractivity contribution in [3.05, 3.63) is 24.5 Å². The van der Waals surface area contributed by atoms with Gasteiger partial charge in [0.1, 0.15) is 11.6 Å². The molecule has 0 radical (unpaired) electrons. The molecule has 0 aliphatic rings. The summed E-state index contributed by atoms with van der Waals surface area (Å²) in [5.41, 5.74) is 33.8. The van der Waals surface area contributed by atoms with Gasteiger partial charge in [-0.3, -0.25) is 0 Å². The van der Waals surface area contributed by atoms with Crippen molar-refractivity contribution in [2.45, 2.75) is 0 Å². The van der Waals surface area contributed by atoms with E-state index in [1.54, 1.807) is 12.1 Å². The van der Waals surface area contributed by atoms with Gasteiger partial charge in [-0.05, 0) is 12.1 Å². The highest BCUT2D eigenvalue weighted by Gasteiger charge is 1.96. The zero-order valence-corrected chi connectivity index (χ0v) is 9.67. The van der Waals surface area contributed by atoms with Gasteiger partial charge in [0.25, 0.3) is 0 Å². The topological polar surface area (TPSA) is 182 Å². The number of nitrogens with two attached hydrogens (primary N) is 6. The molecular weight excluding hydrogens is 232 g/mol. The fourth-order valence-electron chi connectivity index (χ4n) is 1.01. The molecule has 0 fully saturated rings. The number of aromatic nitrogens is 2. The van der Waals surface area contributed by atoms with E-state index in [9.17, 15) is 0 Å². The molecular formula is C10H16N8. The number of hydrogen-bond acceptors (Lipinski definition) is 8. The Morgan fingerprint density at radius 1 is 0.611 bits per heavy atom. The maximum Gasteiger partial charge on any atom is 0.148 e. The fourth-order valence-corrected chi connectivity index (χ4v) is 1.01. The molecule has 2 heterocycles. The summed E-state index contributed by atoms with van der Waals surface area (Å²) in [7, 11) is 0. The molecule has 0 atom stereocenters. The quantitative estimate of drug-likeness (QED) is 0.365. The van der Waals surface area contributed by atoms with Gasteiger partial charge >= 0.3 is 0 Å². The number of pyridine rings is 2. The van der Waals surface area contributed by atoms with Gasteiger partial charge in [-0.2, -0.15) is 0 Å². The monoisotopic (exact) mass is 248 g/mol. The summed E-state index contributed by atoms with van der Waals surface area (Å²) in [6, 6.07) is 3.21. The first kappa shape index (κ1) is 13.2. The third kappa shape index (κ3) is 3.04. The van der Waals surface area contributed by atoms with E-state index in [1.165, 1.54) is 12.4 Å². The Kier molecular flexibility index (Phi) is 3.98. The van der Waals surface area contributed by atoms with Crippen LogP contribution in [0.15, 0.2) is 24.5 Å². The van der Waals surface area contributed by atoms with Crippen LogP contribution in [0, 0.1) is 0 Å². The Labute approximate surface area is 104 Å². The SMILES string of the molecule is Nc1ccnc(N)c1N.Nc1ccnc(N)c1N. The van der Waals surface area contributed by atoms with Crippen molar-refractivity contribution in [2.24, 2.45) is 0 Å². The van der Waals surface area contributed by atoms with E-state index in [0.29, 0.717) is 22.7 Å². The lowest BCUT2D eigenvalue weighted by molar-refractivity contribution is 1.34. The number of rotatable bonds is 0. The molecule has 12 N–H and O–H groups in total. The van der Waals surface area contributed by atoms with E-state index in [4.69, 9.17) is 34.4 Å². The van der Waals surface area contributed by atoms with Gasteiger partial charge in [-0.25, -0.2) is 9.97 Å². The minimum absolute atomic E-state index is 0.287. The van der Waals surface area contributed by atoms with Crippen LogP contribution in [-0.2, 0) is 0 Å². The number of nitrogen functional groups attached to an aromatic ring is 6. The molecule has 0 aromatic carbocycles. The van der Waals surface area contributed by atoms with Crippen molar-refractivity contribution >= 4 is 34.4 Å². The molecule has 8 nitrogen and oxygen atoms in total. The number of nitrogens with zero attached hydrogens (tertiary/aromatic N) is 2. The van der Waals surface area contributed by atoms with Crippen molar-refractivity contribution < 1.29 is 0 Å². The van der Waals surface area contributed by atoms with Gasteiger partial charge in [0, 0.05) is 12.4 Å². The maximum absolute atomic E-state index is 5.38. The van der Waals surface area contributed by atoms with Crippen LogP contribution in [0.25, 0.3) is 0 Å². The van der Waals surface area contributed by atoms with Crippen molar-refractivity contribution in [2.75, 3.05) is 34.4 Å². The van der Waals surface area contributed by atoms with Crippen LogP contribution in [-0.4, -0.2) is 9.97 Å². The molecule has 2 aromatic rings. The van der Waals surface area contributed by atoms with Gasteiger partial charge < -0.3 is 34.4 Å². The van der Waals surface area contributed by atoms with Crippen molar-refractivity contribution in [1.82, 2.24) is 9.97 Å². The van der Waals surface area contributed by atoms with Crippen LogP contribution in [0.4, 0.5) is 34.4 Å². The molecule has 8 heteroatoms. The summed E-state index contributed by atoms with van der Waals surface area (Å²) in [5, 5.41) is 0. The highest BCUT2D eigenvalue weighted by atomic mass is 14.9. The van der Waals surface area contributed by atoms with Gasteiger partial charge in [0.15, 0.2) is 0 Å². The van der Waals surface area contributed by atoms with Crippen LogP contribution in [0.3, 0.4) is 0 Å². The Bertz CT molecular complexity index is 449. The lowest BCUT2D eigenvalue weighted by Gasteiger charge is -1.99. The van der Waals surface area contributed by atoms with Crippen LogP contribution in [0.1, 0.15) is 0 Å². The summed E-state index contributed by atoms with van der Waals surface area (Å²) in [6.07, 6.45) is 3.03. The number of hydrogen-bond donors (Lipinski definition) is 6. The lowest BCUT2D eigenvalue weighted by atomic mass is 10.3. The third-order valence-electron chi connectivity index (χ3n) is 2.11. The minimum Gasteiger partial charge on any atom is -0.397 e. The average molecular weight is 248 g/mol. The van der Waals surface area contributed by atoms with E-state index in [1.807, 2.05) is 0 Å². The lowest BCUT2D eigenvalue weighted by Crippen LogP contribution is -2.01. The summed E-state index contributed by atoms with van der Waals surface area (Å²) in [4.78, 5) is 7.42. The Morgan fingerprint density at radius 2 is 0.944 bits per heavy atom. The summed E-state index contributed by atoms with van der Waals surface area (Å²) in [6.45, 7) is 0. The molecule has 0 saturated heterocycles. The third-order valence-corrected chi connectivity index (χ3v) is 2.11. The Hall–Kier alpha value is -2.90. The zero-order valence-electron chi connectivity index (χ0n) is 9.67. The highest BCUT2D eigenvalue weighted by molar-refractivity contribution is 5.73. The molecule has 18 heavy (non-hydrogen) atoms. The van der Waals surface area contributed by atoms with E-state index in [2.05, 4.69) is 9.97 Å². The standard InChI is InChI=1S/2C5H8N4/c2*6-3-1-2-9-5(8)4(3)7/h2*1-2H,7H2,(H4,6,8,9). The summed E-state index contributed by atoms with van der Waals surface area (Å²) < 4.78 is 0. The first-order valence-electron chi connectivity index (χ1n) is 4.94. The fraction of sp³-hybridized carbons (Fsp3) is 0. The maximum atomic E-state index is 5.38. The van der Waals surface area contributed by atoms with Crippen LogP contribution >= 0.6 is 0 Å². The zero-order chi connectivity index (χ0) is 13.7. The Balaban J connectivity index is 0.000000180. The molecule has 0 spiro atoms. The molecule has 2 rings (SSSR count). The normalized spacial score (nSPS) is 9.33. The molecule has 0 saturated carbocycles. The molecule has 2 aromatic heterocycles. The first-order chi connectivity index (χ1) is 8.43. The second-order valence-corrected chi connectivity index (χ2v) is 3.40. The largest absolute Gasteiger partial charge is 0.397 e. The van der Waals surface area contributed by atoms with Gasteiger partial charge in [0.2, 0.25) is 0 Å². The number of anilines is 6. The molecule has 0 unspecified atom stereocenters. The van der Waals surface area contributed by atoms with Crippen molar-refractivity contribution in [1.29, 1.82) is 0 Å². The van der Waals surface area contributed by atoms with Gasteiger partial charge in [-0.1, -0.05) is 0 Å². The van der Waals surface area contributed by atoms with Crippen LogP contribution < -0.4 is 34.4 Å². The van der Waals surface area contributed by atoms with Gasteiger partial charge in [0.05, 0.1) is 22.7 Å². The average Bonchev–Trinajstić information content (AvgIpc) is 2.34. The smallest absolute Gasteiger partial charge is 0.148 e. The first-order valence-corrected chi connectivity index (χ1v) is 4.94. The predicted molar refractivity (Wildman–Crippen MR) is 74.9 cm³/mol. The summed E-state index contributed by atoms with van der Waals surface area (Å²) >= 11 is 0. The van der Waals surface area contributed by atoms with Crippen LogP contribution in [0.2, 0.25) is 0 Å². The molecule has 96 valence electrons. The van der Waals surface area contributed by atoms with E-state index in [0.717, 1.165) is 0 Å². The second kappa shape index (κ2) is 5.43. The second-order valence-electron chi connectivity index (χ2n) is 3.40. The van der Waals surface area contributed by atoms with Gasteiger partial charge in [-0.15, -0.1) is 0 Å². The van der Waals surface area contributed by atoms with E-state index >= 15 is 0 Å². The van der Waals surface area contributed by atoms with Crippen molar-refractivity contribution in [3.63, 3.8) is 0 Å². The molecule has 0 bridgehead atoms. The Morgan fingerprint density at radius 3 is 1.17 bits per heavy atom.